The molecule has 1 N–H and O–H groups in total. The lowest BCUT2D eigenvalue weighted by atomic mass is 9.96. The van der Waals surface area contributed by atoms with Crippen LogP contribution in [0.15, 0.2) is 0 Å². The molecule has 0 spiro atoms. The SMILES string of the molecule is CCC(C)C(NC(=O)OC(C)(C)C)C(=O)CCl. The van der Waals surface area contributed by atoms with Gasteiger partial charge in [0.2, 0.25) is 0 Å². The van der Waals surface area contributed by atoms with Crippen LogP contribution in [0, 0.1) is 5.92 Å². The predicted octanol–water partition coefficient (Wildman–Crippen LogP) is 2.73. The zero-order valence-electron chi connectivity index (χ0n) is 11.2. The van der Waals surface area contributed by atoms with Crippen molar-refractivity contribution in [3.63, 3.8) is 0 Å². The number of amides is 1. The summed E-state index contributed by atoms with van der Waals surface area (Å²) in [6.07, 6.45) is 0.199. The van der Waals surface area contributed by atoms with Gasteiger partial charge in [0.05, 0.1) is 11.9 Å². The predicted molar refractivity (Wildman–Crippen MR) is 68.3 cm³/mol. The van der Waals surface area contributed by atoms with Gasteiger partial charge in [-0.15, -0.1) is 11.6 Å². The third-order valence-electron chi connectivity index (χ3n) is 2.36. The minimum absolute atomic E-state index is 0.0359. The fraction of sp³-hybridized carbons (Fsp3) is 0.833. The van der Waals surface area contributed by atoms with Crippen LogP contribution in [0.5, 0.6) is 0 Å². The summed E-state index contributed by atoms with van der Waals surface area (Å²) < 4.78 is 5.11. The summed E-state index contributed by atoms with van der Waals surface area (Å²) in [7, 11) is 0. The van der Waals surface area contributed by atoms with Crippen LogP contribution >= 0.6 is 11.6 Å². The van der Waals surface area contributed by atoms with Crippen molar-refractivity contribution in [3.05, 3.63) is 0 Å². The highest BCUT2D eigenvalue weighted by Gasteiger charge is 2.27. The second-order valence-corrected chi connectivity index (χ2v) is 5.38. The smallest absolute Gasteiger partial charge is 0.408 e. The van der Waals surface area contributed by atoms with Crippen molar-refractivity contribution in [2.75, 3.05) is 5.88 Å². The number of hydrogen-bond acceptors (Lipinski definition) is 3. The molecule has 0 aromatic rings. The summed E-state index contributed by atoms with van der Waals surface area (Å²) in [6, 6.07) is -0.577. The Labute approximate surface area is 108 Å². The maximum absolute atomic E-state index is 11.6. The Balaban J connectivity index is 4.54. The van der Waals surface area contributed by atoms with E-state index in [2.05, 4.69) is 5.32 Å². The molecule has 0 saturated carbocycles. The summed E-state index contributed by atoms with van der Waals surface area (Å²) in [5.41, 5.74) is -0.575. The van der Waals surface area contributed by atoms with Gasteiger partial charge in [0.25, 0.3) is 0 Å². The maximum atomic E-state index is 11.6. The molecule has 1 amide bonds. The van der Waals surface area contributed by atoms with Crippen molar-refractivity contribution >= 4 is 23.5 Å². The minimum atomic E-state index is -0.582. The molecule has 2 atom stereocenters. The third-order valence-corrected chi connectivity index (χ3v) is 2.63. The molecule has 0 heterocycles. The van der Waals surface area contributed by atoms with Crippen molar-refractivity contribution in [1.82, 2.24) is 5.32 Å². The summed E-state index contributed by atoms with van der Waals surface area (Å²) in [6.45, 7) is 9.17. The van der Waals surface area contributed by atoms with E-state index in [0.29, 0.717) is 0 Å². The number of halogens is 1. The van der Waals surface area contributed by atoms with Gasteiger partial charge in [-0.1, -0.05) is 20.3 Å². The lowest BCUT2D eigenvalue weighted by Crippen LogP contribution is -2.47. The number of nitrogens with one attached hydrogen (secondary N) is 1. The standard InChI is InChI=1S/C12H22ClNO3/c1-6-8(2)10(9(15)7-13)14-11(16)17-12(3,4)5/h8,10H,6-7H2,1-5H3,(H,14,16). The van der Waals surface area contributed by atoms with Crippen LogP contribution in [-0.4, -0.2) is 29.4 Å². The fourth-order valence-electron chi connectivity index (χ4n) is 1.29. The Kier molecular flexibility index (Phi) is 6.53. The van der Waals surface area contributed by atoms with E-state index in [1.54, 1.807) is 20.8 Å². The second-order valence-electron chi connectivity index (χ2n) is 5.11. The number of carbonyl (C=O) groups is 2. The van der Waals surface area contributed by atoms with Crippen LogP contribution in [0.2, 0.25) is 0 Å². The molecule has 2 unspecified atom stereocenters. The average molecular weight is 264 g/mol. The van der Waals surface area contributed by atoms with Crippen LogP contribution in [0.3, 0.4) is 0 Å². The first-order valence-electron chi connectivity index (χ1n) is 5.79. The first-order valence-corrected chi connectivity index (χ1v) is 6.33. The lowest BCUT2D eigenvalue weighted by Gasteiger charge is -2.25. The number of carbonyl (C=O) groups excluding carboxylic acids is 2. The van der Waals surface area contributed by atoms with E-state index in [1.807, 2.05) is 13.8 Å². The first kappa shape index (κ1) is 16.2. The van der Waals surface area contributed by atoms with Gasteiger partial charge in [-0.2, -0.15) is 0 Å². The number of rotatable bonds is 5. The molecule has 17 heavy (non-hydrogen) atoms. The van der Waals surface area contributed by atoms with Gasteiger partial charge < -0.3 is 10.1 Å². The molecule has 0 saturated heterocycles. The topological polar surface area (TPSA) is 55.4 Å². The van der Waals surface area contributed by atoms with Crippen LogP contribution in [0.25, 0.3) is 0 Å². The zero-order valence-corrected chi connectivity index (χ0v) is 11.9. The van der Waals surface area contributed by atoms with Crippen LogP contribution in [0.1, 0.15) is 41.0 Å². The van der Waals surface area contributed by atoms with Crippen LogP contribution in [-0.2, 0) is 9.53 Å². The molecular weight excluding hydrogens is 242 g/mol. The van der Waals surface area contributed by atoms with E-state index in [0.717, 1.165) is 6.42 Å². The highest BCUT2D eigenvalue weighted by atomic mass is 35.5. The molecule has 0 bridgehead atoms. The molecule has 0 aliphatic rings. The summed E-state index contributed by atoms with van der Waals surface area (Å²) in [5, 5.41) is 2.58. The molecule has 0 aliphatic heterocycles. The number of alkyl halides is 1. The molecule has 5 heteroatoms. The number of ketones is 1. The molecule has 0 rings (SSSR count). The van der Waals surface area contributed by atoms with E-state index >= 15 is 0 Å². The van der Waals surface area contributed by atoms with Gasteiger partial charge >= 0.3 is 6.09 Å². The normalized spacial score (nSPS) is 14.9. The third kappa shape index (κ3) is 6.51. The molecular formula is C12H22ClNO3. The maximum Gasteiger partial charge on any atom is 0.408 e. The van der Waals surface area contributed by atoms with Gasteiger partial charge in [0.1, 0.15) is 5.60 Å². The number of alkyl carbamates (subject to hydrolysis) is 1. The number of ether oxygens (including phenoxy) is 1. The molecule has 0 aromatic carbocycles. The number of hydrogen-bond donors (Lipinski definition) is 1. The van der Waals surface area contributed by atoms with E-state index in [1.165, 1.54) is 0 Å². The Morgan fingerprint density at radius 2 is 1.88 bits per heavy atom. The van der Waals surface area contributed by atoms with Crippen molar-refractivity contribution < 1.29 is 14.3 Å². The lowest BCUT2D eigenvalue weighted by molar-refractivity contribution is -0.119. The highest BCUT2D eigenvalue weighted by molar-refractivity contribution is 6.28. The van der Waals surface area contributed by atoms with Gasteiger partial charge in [-0.3, -0.25) is 4.79 Å². The van der Waals surface area contributed by atoms with Crippen LogP contribution < -0.4 is 5.32 Å². The monoisotopic (exact) mass is 263 g/mol. The zero-order chi connectivity index (χ0) is 13.6. The molecule has 0 aromatic heterocycles. The Morgan fingerprint density at radius 3 is 2.24 bits per heavy atom. The second kappa shape index (κ2) is 6.84. The fourth-order valence-corrected chi connectivity index (χ4v) is 1.46. The van der Waals surface area contributed by atoms with Gasteiger partial charge in [0, 0.05) is 0 Å². The average Bonchev–Trinajstić information content (AvgIpc) is 2.21. The first-order chi connectivity index (χ1) is 7.71. The van der Waals surface area contributed by atoms with Crippen molar-refractivity contribution in [1.29, 1.82) is 0 Å². The largest absolute Gasteiger partial charge is 0.444 e. The summed E-state index contributed by atoms with van der Waals surface area (Å²) in [5.74, 6) is -0.259. The van der Waals surface area contributed by atoms with Crippen molar-refractivity contribution in [2.45, 2.75) is 52.7 Å². The molecule has 100 valence electrons. The van der Waals surface area contributed by atoms with Crippen molar-refractivity contribution in [2.24, 2.45) is 5.92 Å². The Morgan fingerprint density at radius 1 is 1.35 bits per heavy atom. The van der Waals surface area contributed by atoms with E-state index < -0.39 is 17.7 Å². The Hall–Kier alpha value is -0.770. The van der Waals surface area contributed by atoms with E-state index in [4.69, 9.17) is 16.3 Å². The minimum Gasteiger partial charge on any atom is -0.444 e. The van der Waals surface area contributed by atoms with Gasteiger partial charge in [-0.05, 0) is 26.7 Å². The quantitative estimate of drug-likeness (QED) is 0.776. The highest BCUT2D eigenvalue weighted by Crippen LogP contribution is 2.12. The van der Waals surface area contributed by atoms with Gasteiger partial charge in [-0.25, -0.2) is 4.79 Å². The molecule has 0 radical (unpaired) electrons. The molecule has 0 fully saturated rings. The number of Topliss-reactive ketones (excluding diaryl/α,β-unsaturated/α-hetero) is 1. The van der Waals surface area contributed by atoms with E-state index in [9.17, 15) is 9.59 Å². The summed E-state index contributed by atoms with van der Waals surface area (Å²) >= 11 is 5.52. The van der Waals surface area contributed by atoms with Crippen molar-refractivity contribution in [3.8, 4) is 0 Å². The van der Waals surface area contributed by atoms with Gasteiger partial charge in [0.15, 0.2) is 5.78 Å². The molecule has 4 nitrogen and oxygen atoms in total. The molecule has 0 aliphatic carbocycles. The Bertz CT molecular complexity index is 273. The van der Waals surface area contributed by atoms with Crippen LogP contribution in [0.4, 0.5) is 4.79 Å². The van der Waals surface area contributed by atoms with E-state index in [-0.39, 0.29) is 17.6 Å². The summed E-state index contributed by atoms with van der Waals surface area (Å²) in [4.78, 5) is 23.2.